The van der Waals surface area contributed by atoms with Crippen molar-refractivity contribution < 1.29 is 22.7 Å². The molecular formula is C29H26F3N3O2. The van der Waals surface area contributed by atoms with E-state index in [2.05, 4.69) is 10.3 Å². The summed E-state index contributed by atoms with van der Waals surface area (Å²) in [6, 6.07) is 23.2. The Morgan fingerprint density at radius 3 is 2.30 bits per heavy atom. The van der Waals surface area contributed by atoms with E-state index in [1.807, 2.05) is 60.7 Å². The van der Waals surface area contributed by atoms with Crippen LogP contribution in [0.2, 0.25) is 0 Å². The molecule has 0 radical (unpaired) electrons. The molecule has 1 aromatic heterocycles. The zero-order valence-electron chi connectivity index (χ0n) is 20.2. The first-order chi connectivity index (χ1) is 17.8. The van der Waals surface area contributed by atoms with Gasteiger partial charge in [-0.2, -0.15) is 13.2 Å². The van der Waals surface area contributed by atoms with E-state index in [0.717, 1.165) is 23.3 Å². The second-order valence-electron chi connectivity index (χ2n) is 8.43. The quantitative estimate of drug-likeness (QED) is 0.269. The number of hydrogen-bond donors (Lipinski definition) is 1. The average Bonchev–Trinajstić information content (AvgIpc) is 2.90. The fraction of sp³-hybridized carbons (Fsp3) is 0.207. The molecule has 0 bridgehead atoms. The molecule has 1 unspecified atom stereocenters. The largest absolute Gasteiger partial charge is 0.464 e. The average molecular weight is 506 g/mol. The Bertz CT molecular complexity index is 1330. The van der Waals surface area contributed by atoms with Crippen molar-refractivity contribution in [2.75, 3.05) is 11.9 Å². The smallest absolute Gasteiger partial charge is 0.416 e. The summed E-state index contributed by atoms with van der Waals surface area (Å²) in [4.78, 5) is 22.2. The number of anilines is 1. The highest BCUT2D eigenvalue weighted by Crippen LogP contribution is 2.30. The van der Waals surface area contributed by atoms with Crippen LogP contribution in [0.1, 0.15) is 29.3 Å². The van der Waals surface area contributed by atoms with Crippen molar-refractivity contribution in [3.63, 3.8) is 0 Å². The lowest BCUT2D eigenvalue weighted by atomic mass is 10.0. The Hall–Kier alpha value is -4.20. The summed E-state index contributed by atoms with van der Waals surface area (Å²) in [5.41, 5.74) is 2.73. The fourth-order valence-corrected chi connectivity index (χ4v) is 3.92. The van der Waals surface area contributed by atoms with Crippen LogP contribution in [-0.2, 0) is 28.5 Å². The third kappa shape index (κ3) is 6.94. The van der Waals surface area contributed by atoms with Crippen molar-refractivity contribution in [3.05, 3.63) is 114 Å². The standard InChI is InChI=1S/C29H26F3N3O2/c1-2-37-28(36)25(18-21-12-9-15-23(16-21)29(30,31)32)35-27-24(17-20-10-5-3-6-11-20)34-26(19-33-27)22-13-7-4-8-14-22/h3-16,19,25H,2,17-18H2,1H3,(H,33,35). The molecular weight excluding hydrogens is 479 g/mol. The molecule has 0 aliphatic heterocycles. The van der Waals surface area contributed by atoms with Gasteiger partial charge in [-0.15, -0.1) is 0 Å². The molecule has 0 saturated heterocycles. The highest BCUT2D eigenvalue weighted by Gasteiger charge is 2.31. The van der Waals surface area contributed by atoms with Crippen LogP contribution in [0, 0.1) is 0 Å². The molecule has 5 nitrogen and oxygen atoms in total. The normalized spacial score (nSPS) is 12.1. The number of halogens is 3. The molecule has 0 spiro atoms. The van der Waals surface area contributed by atoms with Crippen LogP contribution in [0.5, 0.6) is 0 Å². The summed E-state index contributed by atoms with van der Waals surface area (Å²) < 4.78 is 45.0. The minimum atomic E-state index is -4.48. The van der Waals surface area contributed by atoms with Crippen LogP contribution in [0.15, 0.2) is 91.1 Å². The van der Waals surface area contributed by atoms with Crippen molar-refractivity contribution in [1.82, 2.24) is 9.97 Å². The molecule has 1 atom stereocenters. The molecule has 37 heavy (non-hydrogen) atoms. The maximum absolute atomic E-state index is 13.2. The van der Waals surface area contributed by atoms with Crippen LogP contribution >= 0.6 is 0 Å². The predicted molar refractivity (Wildman–Crippen MR) is 136 cm³/mol. The summed E-state index contributed by atoms with van der Waals surface area (Å²) in [5.74, 6) is -0.215. The van der Waals surface area contributed by atoms with Crippen molar-refractivity contribution in [3.8, 4) is 11.3 Å². The number of carbonyl (C=O) groups excluding carboxylic acids is 1. The number of rotatable bonds is 9. The molecule has 1 heterocycles. The topological polar surface area (TPSA) is 64.1 Å². The number of benzene rings is 3. The Kier molecular flexibility index (Phi) is 8.18. The second kappa shape index (κ2) is 11.7. The maximum atomic E-state index is 13.2. The van der Waals surface area contributed by atoms with Gasteiger partial charge in [0.15, 0.2) is 0 Å². The molecule has 0 amide bonds. The summed E-state index contributed by atoms with van der Waals surface area (Å²) in [7, 11) is 0. The monoisotopic (exact) mass is 505 g/mol. The molecule has 0 aliphatic rings. The molecule has 4 rings (SSSR count). The first kappa shape index (κ1) is 25.9. The van der Waals surface area contributed by atoms with Crippen molar-refractivity contribution in [2.45, 2.75) is 32.0 Å². The van der Waals surface area contributed by atoms with Crippen molar-refractivity contribution in [2.24, 2.45) is 0 Å². The molecule has 0 aliphatic carbocycles. The molecule has 0 fully saturated rings. The predicted octanol–water partition coefficient (Wildman–Crippen LogP) is 6.34. The number of carbonyl (C=O) groups is 1. The third-order valence-electron chi connectivity index (χ3n) is 5.70. The molecule has 4 aromatic rings. The van der Waals surface area contributed by atoms with Gasteiger partial charge in [-0.1, -0.05) is 78.9 Å². The van der Waals surface area contributed by atoms with Crippen LogP contribution in [-0.4, -0.2) is 28.6 Å². The number of hydrogen-bond acceptors (Lipinski definition) is 5. The van der Waals surface area contributed by atoms with Gasteiger partial charge in [-0.25, -0.2) is 14.8 Å². The van der Waals surface area contributed by atoms with Crippen molar-refractivity contribution >= 4 is 11.8 Å². The van der Waals surface area contributed by atoms with Gasteiger partial charge in [0.25, 0.3) is 0 Å². The van der Waals surface area contributed by atoms with E-state index < -0.39 is 23.8 Å². The van der Waals surface area contributed by atoms with E-state index in [-0.39, 0.29) is 13.0 Å². The Labute approximate surface area is 213 Å². The van der Waals surface area contributed by atoms with Gasteiger partial charge in [0, 0.05) is 18.4 Å². The van der Waals surface area contributed by atoms with Gasteiger partial charge >= 0.3 is 12.1 Å². The number of aromatic nitrogens is 2. The van der Waals surface area contributed by atoms with E-state index in [9.17, 15) is 18.0 Å². The highest BCUT2D eigenvalue weighted by atomic mass is 19.4. The van der Waals surface area contributed by atoms with Crippen LogP contribution in [0.25, 0.3) is 11.3 Å². The maximum Gasteiger partial charge on any atom is 0.416 e. The van der Waals surface area contributed by atoms with Gasteiger partial charge < -0.3 is 10.1 Å². The molecule has 190 valence electrons. The number of esters is 1. The Morgan fingerprint density at radius 1 is 0.946 bits per heavy atom. The number of nitrogens with one attached hydrogen (secondary N) is 1. The second-order valence-corrected chi connectivity index (χ2v) is 8.43. The zero-order valence-corrected chi connectivity index (χ0v) is 20.2. The van der Waals surface area contributed by atoms with Crippen LogP contribution in [0.3, 0.4) is 0 Å². The molecule has 1 N–H and O–H groups in total. The van der Waals surface area contributed by atoms with Gasteiger partial charge in [0.05, 0.1) is 29.8 Å². The van der Waals surface area contributed by atoms with E-state index in [1.54, 1.807) is 19.2 Å². The molecule has 0 saturated carbocycles. The first-order valence-corrected chi connectivity index (χ1v) is 11.9. The lowest BCUT2D eigenvalue weighted by Crippen LogP contribution is -2.34. The fourth-order valence-electron chi connectivity index (χ4n) is 3.92. The van der Waals surface area contributed by atoms with E-state index in [1.165, 1.54) is 6.07 Å². The Balaban J connectivity index is 1.68. The summed E-state index contributed by atoms with van der Waals surface area (Å²) >= 11 is 0. The Morgan fingerprint density at radius 2 is 1.62 bits per heavy atom. The summed E-state index contributed by atoms with van der Waals surface area (Å²) in [6.45, 7) is 1.81. The summed E-state index contributed by atoms with van der Waals surface area (Å²) in [5, 5.41) is 3.11. The minimum Gasteiger partial charge on any atom is -0.464 e. The zero-order chi connectivity index (χ0) is 26.3. The SMILES string of the molecule is CCOC(=O)C(Cc1cccc(C(F)(F)F)c1)Nc1ncc(-c2ccccc2)nc1Cc1ccccc1. The van der Waals surface area contributed by atoms with Gasteiger partial charge in [0.2, 0.25) is 0 Å². The number of alkyl halides is 3. The van der Waals surface area contributed by atoms with Gasteiger partial charge in [-0.05, 0) is 24.1 Å². The first-order valence-electron chi connectivity index (χ1n) is 11.9. The van der Waals surface area contributed by atoms with Gasteiger partial charge in [0.1, 0.15) is 11.9 Å². The lowest BCUT2D eigenvalue weighted by Gasteiger charge is -2.20. The van der Waals surface area contributed by atoms with E-state index in [4.69, 9.17) is 9.72 Å². The van der Waals surface area contributed by atoms with E-state index in [0.29, 0.717) is 29.2 Å². The molecule has 3 aromatic carbocycles. The van der Waals surface area contributed by atoms with Crippen LogP contribution < -0.4 is 5.32 Å². The summed E-state index contributed by atoms with van der Waals surface area (Å²) in [6.07, 6.45) is -2.45. The van der Waals surface area contributed by atoms with E-state index >= 15 is 0 Å². The minimum absolute atomic E-state index is 0.0182. The molecule has 8 heteroatoms. The van der Waals surface area contributed by atoms with Crippen molar-refractivity contribution in [1.29, 1.82) is 0 Å². The number of ether oxygens (including phenoxy) is 1. The lowest BCUT2D eigenvalue weighted by molar-refractivity contribution is -0.144. The third-order valence-corrected chi connectivity index (χ3v) is 5.70. The number of nitrogens with zero attached hydrogens (tertiary/aromatic N) is 2. The highest BCUT2D eigenvalue weighted by molar-refractivity contribution is 5.79. The van der Waals surface area contributed by atoms with Crippen LogP contribution in [0.4, 0.5) is 19.0 Å². The van der Waals surface area contributed by atoms with Gasteiger partial charge in [-0.3, -0.25) is 0 Å².